The summed E-state index contributed by atoms with van der Waals surface area (Å²) in [5.41, 5.74) is 0.418. The molecule has 0 bridgehead atoms. The van der Waals surface area contributed by atoms with Gasteiger partial charge in [0, 0.05) is 24.4 Å². The molecule has 0 unspecified atom stereocenters. The predicted molar refractivity (Wildman–Crippen MR) is 95.4 cm³/mol. The molecule has 0 aliphatic carbocycles. The molecule has 0 saturated carbocycles. The minimum absolute atomic E-state index is 0.00823. The van der Waals surface area contributed by atoms with Crippen molar-refractivity contribution in [3.05, 3.63) is 35.6 Å². The van der Waals surface area contributed by atoms with Crippen molar-refractivity contribution in [2.45, 2.75) is 39.1 Å². The second kappa shape index (κ2) is 8.01. The third-order valence-corrected chi connectivity index (χ3v) is 5.91. The van der Waals surface area contributed by atoms with Crippen molar-refractivity contribution in [3.63, 3.8) is 0 Å². The average Bonchev–Trinajstić information content (AvgIpc) is 3.01. The lowest BCUT2D eigenvalue weighted by Crippen LogP contribution is -2.52. The molecule has 24 heavy (non-hydrogen) atoms. The largest absolute Gasteiger partial charge is 0.341 e. The fourth-order valence-corrected chi connectivity index (χ4v) is 4.45. The number of carbonyl (C=O) groups is 2. The van der Waals surface area contributed by atoms with Crippen molar-refractivity contribution in [1.29, 1.82) is 0 Å². The SMILES string of the molecule is CCN(CC)C(=O)[C@@H]1CS[C@H](C(C)C)N1C(=O)c1ccc(F)cc1. The normalized spacial score (nSPS) is 20.5. The van der Waals surface area contributed by atoms with E-state index in [1.807, 2.05) is 27.7 Å². The van der Waals surface area contributed by atoms with Gasteiger partial charge in [-0.05, 0) is 44.0 Å². The van der Waals surface area contributed by atoms with Gasteiger partial charge in [-0.3, -0.25) is 9.59 Å². The quantitative estimate of drug-likeness (QED) is 0.817. The minimum Gasteiger partial charge on any atom is -0.341 e. The molecule has 1 fully saturated rings. The van der Waals surface area contributed by atoms with E-state index in [0.29, 0.717) is 24.4 Å². The molecule has 2 amide bonds. The highest BCUT2D eigenvalue weighted by molar-refractivity contribution is 8.00. The van der Waals surface area contributed by atoms with Crippen LogP contribution in [0.2, 0.25) is 0 Å². The van der Waals surface area contributed by atoms with Crippen molar-refractivity contribution in [2.75, 3.05) is 18.8 Å². The highest BCUT2D eigenvalue weighted by Crippen LogP contribution is 2.35. The smallest absolute Gasteiger partial charge is 0.255 e. The Kier molecular flexibility index (Phi) is 6.27. The van der Waals surface area contributed by atoms with Gasteiger partial charge in [0.15, 0.2) is 0 Å². The van der Waals surface area contributed by atoms with E-state index >= 15 is 0 Å². The molecule has 1 aliphatic rings. The van der Waals surface area contributed by atoms with E-state index in [-0.39, 0.29) is 28.9 Å². The van der Waals surface area contributed by atoms with E-state index in [9.17, 15) is 14.0 Å². The van der Waals surface area contributed by atoms with E-state index in [1.54, 1.807) is 21.6 Å². The third-order valence-electron chi connectivity index (χ3n) is 4.29. The molecule has 1 aromatic rings. The van der Waals surface area contributed by atoms with Gasteiger partial charge in [-0.1, -0.05) is 13.8 Å². The number of benzene rings is 1. The number of hydrogen-bond acceptors (Lipinski definition) is 3. The minimum atomic E-state index is -0.458. The van der Waals surface area contributed by atoms with Crippen LogP contribution in [0.4, 0.5) is 4.39 Å². The number of likely N-dealkylation sites (N-methyl/N-ethyl adjacent to an activating group) is 1. The van der Waals surface area contributed by atoms with Crippen LogP contribution in [0.25, 0.3) is 0 Å². The zero-order valence-electron chi connectivity index (χ0n) is 14.7. The lowest BCUT2D eigenvalue weighted by Gasteiger charge is -2.33. The number of nitrogens with zero attached hydrogens (tertiary/aromatic N) is 2. The van der Waals surface area contributed by atoms with Crippen LogP contribution < -0.4 is 0 Å². The third kappa shape index (κ3) is 3.74. The lowest BCUT2D eigenvalue weighted by molar-refractivity contribution is -0.135. The van der Waals surface area contributed by atoms with Gasteiger partial charge in [0.1, 0.15) is 11.9 Å². The standard InChI is InChI=1S/C18H25FN2O2S/c1-5-20(6-2)17(23)15-11-24-18(12(3)4)21(15)16(22)13-7-9-14(19)10-8-13/h7-10,12,15,18H,5-6,11H2,1-4H3/t15-,18+/m0/s1. The summed E-state index contributed by atoms with van der Waals surface area (Å²) in [6.07, 6.45) is 0. The van der Waals surface area contributed by atoms with Crippen molar-refractivity contribution in [1.82, 2.24) is 9.80 Å². The summed E-state index contributed by atoms with van der Waals surface area (Å²) in [7, 11) is 0. The molecule has 6 heteroatoms. The summed E-state index contributed by atoms with van der Waals surface area (Å²) in [5, 5.41) is -0.0490. The first-order valence-corrected chi connectivity index (χ1v) is 9.44. The van der Waals surface area contributed by atoms with Crippen LogP contribution in [-0.4, -0.2) is 51.9 Å². The van der Waals surface area contributed by atoms with Gasteiger partial charge in [-0.25, -0.2) is 4.39 Å². The molecule has 1 aliphatic heterocycles. The number of amides is 2. The lowest BCUT2D eigenvalue weighted by atomic mass is 10.1. The van der Waals surface area contributed by atoms with E-state index in [1.165, 1.54) is 24.3 Å². The van der Waals surface area contributed by atoms with Crippen LogP contribution in [0.1, 0.15) is 38.1 Å². The summed E-state index contributed by atoms with van der Waals surface area (Å²) in [6.45, 7) is 9.23. The Balaban J connectivity index is 2.32. The number of carbonyl (C=O) groups excluding carboxylic acids is 2. The molecule has 1 saturated heterocycles. The molecular formula is C18H25FN2O2S. The van der Waals surface area contributed by atoms with E-state index in [0.717, 1.165) is 0 Å². The summed E-state index contributed by atoms with van der Waals surface area (Å²) in [4.78, 5) is 29.3. The zero-order chi connectivity index (χ0) is 17.9. The van der Waals surface area contributed by atoms with Gasteiger partial charge < -0.3 is 9.80 Å². The topological polar surface area (TPSA) is 40.6 Å². The van der Waals surface area contributed by atoms with Crippen molar-refractivity contribution in [3.8, 4) is 0 Å². The van der Waals surface area contributed by atoms with Gasteiger partial charge in [-0.15, -0.1) is 11.8 Å². The molecule has 132 valence electrons. The number of rotatable bonds is 5. The van der Waals surface area contributed by atoms with Gasteiger partial charge in [0.25, 0.3) is 5.91 Å². The first kappa shape index (κ1) is 18.8. The highest BCUT2D eigenvalue weighted by atomic mass is 32.2. The Morgan fingerprint density at radius 2 is 1.83 bits per heavy atom. The summed E-state index contributed by atoms with van der Waals surface area (Å²) in [6, 6.07) is 5.07. The molecule has 4 nitrogen and oxygen atoms in total. The zero-order valence-corrected chi connectivity index (χ0v) is 15.5. The monoisotopic (exact) mass is 352 g/mol. The van der Waals surface area contributed by atoms with E-state index in [4.69, 9.17) is 0 Å². The summed E-state index contributed by atoms with van der Waals surface area (Å²) >= 11 is 1.64. The Hall–Kier alpha value is -1.56. The second-order valence-electron chi connectivity index (χ2n) is 6.21. The Bertz CT molecular complexity index is 587. The van der Waals surface area contributed by atoms with E-state index in [2.05, 4.69) is 0 Å². The summed E-state index contributed by atoms with van der Waals surface area (Å²) in [5.74, 6) is 0.244. The maximum atomic E-state index is 13.1. The Labute approximate surface area is 147 Å². The van der Waals surface area contributed by atoms with Crippen molar-refractivity contribution in [2.24, 2.45) is 5.92 Å². The first-order chi connectivity index (χ1) is 11.4. The Morgan fingerprint density at radius 1 is 1.25 bits per heavy atom. The molecule has 2 rings (SSSR count). The highest BCUT2D eigenvalue weighted by Gasteiger charge is 2.44. The number of thioether (sulfide) groups is 1. The van der Waals surface area contributed by atoms with Crippen molar-refractivity contribution >= 4 is 23.6 Å². The molecule has 2 atom stereocenters. The molecule has 0 spiro atoms. The maximum absolute atomic E-state index is 13.1. The average molecular weight is 352 g/mol. The van der Waals surface area contributed by atoms with Crippen LogP contribution in [0.15, 0.2) is 24.3 Å². The number of halogens is 1. The van der Waals surface area contributed by atoms with Crippen LogP contribution in [-0.2, 0) is 4.79 Å². The molecule has 1 heterocycles. The van der Waals surface area contributed by atoms with Crippen molar-refractivity contribution < 1.29 is 14.0 Å². The maximum Gasteiger partial charge on any atom is 0.255 e. The second-order valence-corrected chi connectivity index (χ2v) is 7.36. The molecule has 0 radical (unpaired) electrons. The number of hydrogen-bond donors (Lipinski definition) is 0. The predicted octanol–water partition coefficient (Wildman–Crippen LogP) is 3.23. The molecule has 1 aromatic carbocycles. The van der Waals surface area contributed by atoms with Gasteiger partial charge >= 0.3 is 0 Å². The van der Waals surface area contributed by atoms with Crippen LogP contribution >= 0.6 is 11.8 Å². The molecule has 0 aromatic heterocycles. The fraction of sp³-hybridized carbons (Fsp3) is 0.556. The van der Waals surface area contributed by atoms with Crippen LogP contribution in [0.3, 0.4) is 0 Å². The Morgan fingerprint density at radius 3 is 2.33 bits per heavy atom. The van der Waals surface area contributed by atoms with Gasteiger partial charge in [0.2, 0.25) is 5.91 Å². The first-order valence-electron chi connectivity index (χ1n) is 8.39. The fourth-order valence-electron chi connectivity index (χ4n) is 2.98. The molecular weight excluding hydrogens is 327 g/mol. The van der Waals surface area contributed by atoms with Crippen LogP contribution in [0, 0.1) is 11.7 Å². The van der Waals surface area contributed by atoms with E-state index < -0.39 is 6.04 Å². The van der Waals surface area contributed by atoms with Gasteiger partial charge in [0.05, 0.1) is 5.37 Å². The molecule has 0 N–H and O–H groups in total. The van der Waals surface area contributed by atoms with Crippen LogP contribution in [0.5, 0.6) is 0 Å². The summed E-state index contributed by atoms with van der Waals surface area (Å²) < 4.78 is 13.1. The van der Waals surface area contributed by atoms with Gasteiger partial charge in [-0.2, -0.15) is 0 Å².